The lowest BCUT2D eigenvalue weighted by molar-refractivity contribution is 0.0827. The van der Waals surface area contributed by atoms with Crippen LogP contribution >= 0.6 is 11.3 Å². The Labute approximate surface area is 194 Å². The van der Waals surface area contributed by atoms with Crippen molar-refractivity contribution < 1.29 is 4.79 Å². The van der Waals surface area contributed by atoms with E-state index in [1.807, 2.05) is 24.3 Å². The topological polar surface area (TPSA) is 61.4 Å². The van der Waals surface area contributed by atoms with Gasteiger partial charge < -0.3 is 10.2 Å². The van der Waals surface area contributed by atoms with Crippen molar-refractivity contribution in [3.63, 3.8) is 0 Å². The summed E-state index contributed by atoms with van der Waals surface area (Å²) in [7, 11) is 3.54. The van der Waals surface area contributed by atoms with E-state index in [1.165, 1.54) is 23.3 Å². The number of fused-ring (bicyclic) bond motifs is 1. The molecule has 1 saturated heterocycles. The van der Waals surface area contributed by atoms with E-state index in [0.717, 1.165) is 53.0 Å². The van der Waals surface area contributed by atoms with Gasteiger partial charge in [-0.1, -0.05) is 19.1 Å². The molecule has 0 spiro atoms. The summed E-state index contributed by atoms with van der Waals surface area (Å²) in [6.07, 6.45) is 2.49. The van der Waals surface area contributed by atoms with E-state index in [2.05, 4.69) is 31.0 Å². The SMILES string of the molecule is Cc1sc2nc(CN3CCC(C)CC3)nc(NCc3ccc(C(=O)N(C)C)cc3)c2c1C. The average molecular weight is 452 g/mol. The molecule has 1 amide bonds. The molecule has 1 fully saturated rings. The third-order valence-electron chi connectivity index (χ3n) is 6.38. The third kappa shape index (κ3) is 4.94. The van der Waals surface area contributed by atoms with Crippen molar-refractivity contribution in [2.75, 3.05) is 32.5 Å². The van der Waals surface area contributed by atoms with Crippen molar-refractivity contribution in [2.45, 2.75) is 46.7 Å². The van der Waals surface area contributed by atoms with Gasteiger partial charge in [0.25, 0.3) is 5.91 Å². The molecule has 1 aliphatic rings. The fourth-order valence-corrected chi connectivity index (χ4v) is 5.17. The Kier molecular flexibility index (Phi) is 6.76. The van der Waals surface area contributed by atoms with Crippen LogP contribution in [0.2, 0.25) is 0 Å². The van der Waals surface area contributed by atoms with Crippen LogP contribution in [0.4, 0.5) is 5.82 Å². The lowest BCUT2D eigenvalue weighted by Gasteiger charge is -2.29. The van der Waals surface area contributed by atoms with Crippen molar-refractivity contribution in [1.29, 1.82) is 0 Å². The molecule has 0 saturated carbocycles. The second-order valence-electron chi connectivity index (χ2n) is 9.16. The number of amides is 1. The zero-order valence-corrected chi connectivity index (χ0v) is 20.6. The molecule has 0 aliphatic carbocycles. The summed E-state index contributed by atoms with van der Waals surface area (Å²) >= 11 is 1.75. The Morgan fingerprint density at radius 2 is 1.84 bits per heavy atom. The molecule has 1 aromatic carbocycles. The molecule has 0 bridgehead atoms. The first-order valence-corrected chi connectivity index (χ1v) is 12.2. The minimum atomic E-state index is 0.0168. The van der Waals surface area contributed by atoms with Crippen molar-refractivity contribution in [3.05, 3.63) is 51.7 Å². The van der Waals surface area contributed by atoms with Crippen molar-refractivity contribution in [2.24, 2.45) is 5.92 Å². The smallest absolute Gasteiger partial charge is 0.253 e. The van der Waals surface area contributed by atoms with Crippen LogP contribution in [0.5, 0.6) is 0 Å². The second kappa shape index (κ2) is 9.55. The molecule has 1 N–H and O–H groups in total. The van der Waals surface area contributed by atoms with Gasteiger partial charge in [-0.15, -0.1) is 11.3 Å². The van der Waals surface area contributed by atoms with Crippen LogP contribution < -0.4 is 5.32 Å². The number of thiophene rings is 1. The monoisotopic (exact) mass is 451 g/mol. The van der Waals surface area contributed by atoms with E-state index < -0.39 is 0 Å². The van der Waals surface area contributed by atoms with Crippen molar-refractivity contribution in [1.82, 2.24) is 19.8 Å². The zero-order valence-electron chi connectivity index (χ0n) is 19.7. The highest BCUT2D eigenvalue weighted by Crippen LogP contribution is 2.34. The van der Waals surface area contributed by atoms with E-state index in [9.17, 15) is 4.79 Å². The number of aromatic nitrogens is 2. The summed E-state index contributed by atoms with van der Waals surface area (Å²) < 4.78 is 0. The molecule has 0 radical (unpaired) electrons. The Morgan fingerprint density at radius 1 is 1.16 bits per heavy atom. The molecular formula is C25H33N5OS. The number of hydrogen-bond acceptors (Lipinski definition) is 6. The Morgan fingerprint density at radius 3 is 2.50 bits per heavy atom. The van der Waals surface area contributed by atoms with Gasteiger partial charge in [-0.2, -0.15) is 0 Å². The summed E-state index contributed by atoms with van der Waals surface area (Å²) in [5.74, 6) is 2.63. The van der Waals surface area contributed by atoms with E-state index >= 15 is 0 Å². The Hall–Kier alpha value is -2.51. The summed E-state index contributed by atoms with van der Waals surface area (Å²) in [6, 6.07) is 7.78. The Bertz CT molecular complexity index is 1100. The van der Waals surface area contributed by atoms with Gasteiger partial charge in [0, 0.05) is 31.1 Å². The molecule has 3 heterocycles. The first-order valence-electron chi connectivity index (χ1n) is 11.3. The molecule has 1 aliphatic heterocycles. The fraction of sp³-hybridized carbons (Fsp3) is 0.480. The number of rotatable bonds is 6. The van der Waals surface area contributed by atoms with E-state index in [4.69, 9.17) is 9.97 Å². The number of anilines is 1. The van der Waals surface area contributed by atoms with Gasteiger partial charge in [-0.05, 0) is 69.0 Å². The quantitative estimate of drug-likeness (QED) is 0.580. The first-order chi connectivity index (χ1) is 15.3. The van der Waals surface area contributed by atoms with E-state index in [0.29, 0.717) is 12.1 Å². The molecule has 170 valence electrons. The van der Waals surface area contributed by atoms with Crippen LogP contribution in [0.1, 0.15) is 52.0 Å². The maximum Gasteiger partial charge on any atom is 0.253 e. The molecule has 0 atom stereocenters. The highest BCUT2D eigenvalue weighted by molar-refractivity contribution is 7.18. The molecule has 2 aromatic heterocycles. The lowest BCUT2D eigenvalue weighted by atomic mass is 9.99. The summed E-state index contributed by atoms with van der Waals surface area (Å²) in [6.45, 7) is 10.3. The Balaban J connectivity index is 1.54. The standard InChI is InChI=1S/C25H33N5OS/c1-16-10-12-30(13-11-16)15-21-27-23(22-17(2)18(3)32-24(22)28-21)26-14-19-6-8-20(9-7-19)25(31)29(4)5/h6-9,16H,10-15H2,1-5H3,(H,26,27,28). The number of carbonyl (C=O) groups is 1. The van der Waals surface area contributed by atoms with Gasteiger partial charge in [0.2, 0.25) is 0 Å². The number of likely N-dealkylation sites (tertiary alicyclic amines) is 1. The maximum absolute atomic E-state index is 12.1. The highest BCUT2D eigenvalue weighted by Gasteiger charge is 2.19. The molecule has 6 nitrogen and oxygen atoms in total. The number of nitrogens with one attached hydrogen (secondary N) is 1. The van der Waals surface area contributed by atoms with Crippen LogP contribution in [0.3, 0.4) is 0 Å². The van der Waals surface area contributed by atoms with Gasteiger partial charge in [-0.3, -0.25) is 9.69 Å². The summed E-state index contributed by atoms with van der Waals surface area (Å²) in [4.78, 5) is 28.4. The third-order valence-corrected chi connectivity index (χ3v) is 7.48. The normalized spacial score (nSPS) is 15.3. The van der Waals surface area contributed by atoms with Crippen LogP contribution in [0.15, 0.2) is 24.3 Å². The van der Waals surface area contributed by atoms with Gasteiger partial charge in [0.15, 0.2) is 0 Å². The van der Waals surface area contributed by atoms with Crippen LogP contribution in [0.25, 0.3) is 10.2 Å². The first kappa shape index (κ1) is 22.7. The van der Waals surface area contributed by atoms with Crippen molar-refractivity contribution >= 4 is 33.3 Å². The molecular weight excluding hydrogens is 418 g/mol. The van der Waals surface area contributed by atoms with Crippen LogP contribution in [-0.2, 0) is 13.1 Å². The van der Waals surface area contributed by atoms with Gasteiger partial charge >= 0.3 is 0 Å². The van der Waals surface area contributed by atoms with Gasteiger partial charge in [0.1, 0.15) is 16.5 Å². The van der Waals surface area contributed by atoms with Gasteiger partial charge in [-0.25, -0.2) is 9.97 Å². The number of hydrogen-bond donors (Lipinski definition) is 1. The number of aryl methyl sites for hydroxylation is 2. The lowest BCUT2D eigenvalue weighted by Crippen LogP contribution is -2.33. The van der Waals surface area contributed by atoms with E-state index in [1.54, 1.807) is 30.3 Å². The second-order valence-corrected chi connectivity index (χ2v) is 10.4. The molecule has 3 aromatic rings. The van der Waals surface area contributed by atoms with Gasteiger partial charge in [0.05, 0.1) is 11.9 Å². The number of carbonyl (C=O) groups excluding carboxylic acids is 1. The molecule has 32 heavy (non-hydrogen) atoms. The highest BCUT2D eigenvalue weighted by atomic mass is 32.1. The maximum atomic E-state index is 12.1. The largest absolute Gasteiger partial charge is 0.365 e. The van der Waals surface area contributed by atoms with Crippen molar-refractivity contribution in [3.8, 4) is 0 Å². The number of benzene rings is 1. The number of nitrogens with zero attached hydrogens (tertiary/aromatic N) is 4. The minimum Gasteiger partial charge on any atom is -0.365 e. The molecule has 0 unspecified atom stereocenters. The van der Waals surface area contributed by atoms with E-state index in [-0.39, 0.29) is 5.91 Å². The molecule has 4 rings (SSSR count). The zero-order chi connectivity index (χ0) is 22.8. The average Bonchev–Trinajstić information content (AvgIpc) is 3.07. The minimum absolute atomic E-state index is 0.0168. The van der Waals surface area contributed by atoms with Crippen LogP contribution in [0, 0.1) is 19.8 Å². The predicted molar refractivity (Wildman–Crippen MR) is 132 cm³/mol. The number of piperidine rings is 1. The van der Waals surface area contributed by atoms with Crippen LogP contribution in [-0.4, -0.2) is 52.9 Å². The fourth-order valence-electron chi connectivity index (χ4n) is 4.12. The molecule has 7 heteroatoms. The predicted octanol–water partition coefficient (Wildman–Crippen LogP) is 4.85. The summed E-state index contributed by atoms with van der Waals surface area (Å²) in [5, 5.41) is 4.68. The summed E-state index contributed by atoms with van der Waals surface area (Å²) in [5.41, 5.74) is 3.06.